The molecule has 2 heterocycles. The zero-order chi connectivity index (χ0) is 19.4. The van der Waals surface area contributed by atoms with Gasteiger partial charge in [0.1, 0.15) is 26.2 Å². The summed E-state index contributed by atoms with van der Waals surface area (Å²) in [5.41, 5.74) is 0.713. The van der Waals surface area contributed by atoms with Crippen LogP contribution in [0.4, 0.5) is 5.69 Å². The largest absolute Gasteiger partial charge is 0.454 e. The monoisotopic (exact) mass is 378 g/mol. The van der Waals surface area contributed by atoms with Crippen LogP contribution >= 0.6 is 0 Å². The van der Waals surface area contributed by atoms with E-state index >= 15 is 0 Å². The van der Waals surface area contributed by atoms with E-state index in [9.17, 15) is 9.59 Å². The van der Waals surface area contributed by atoms with Gasteiger partial charge in [0, 0.05) is 17.8 Å². The Morgan fingerprint density at radius 2 is 1.78 bits per heavy atom. The van der Waals surface area contributed by atoms with Crippen molar-refractivity contribution in [2.75, 3.05) is 44.8 Å². The molecule has 0 unspecified atom stereocenters. The molecule has 2 aliphatic rings. The third-order valence-corrected chi connectivity index (χ3v) is 5.11. The molecule has 2 aliphatic heterocycles. The predicted octanol–water partition coefficient (Wildman–Crippen LogP) is -1.95. The zero-order valence-corrected chi connectivity index (χ0v) is 16.3. The van der Waals surface area contributed by atoms with E-state index in [1.54, 1.807) is 12.1 Å². The maximum absolute atomic E-state index is 12.6. The molecule has 8 heteroatoms. The van der Waals surface area contributed by atoms with Crippen molar-refractivity contribution in [2.45, 2.75) is 32.9 Å². The summed E-state index contributed by atoms with van der Waals surface area (Å²) in [5.74, 6) is 1.44. The first kappa shape index (κ1) is 19.4. The lowest BCUT2D eigenvalue weighted by molar-refractivity contribution is -1.01. The first-order valence-corrected chi connectivity index (χ1v) is 9.60. The molecule has 1 aromatic carbocycles. The highest BCUT2D eigenvalue weighted by molar-refractivity contribution is 5.94. The maximum Gasteiger partial charge on any atom is 0.282 e. The minimum Gasteiger partial charge on any atom is -0.454 e. The zero-order valence-electron chi connectivity index (χ0n) is 16.3. The predicted molar refractivity (Wildman–Crippen MR) is 100 cm³/mol. The fourth-order valence-electron chi connectivity index (χ4n) is 3.54. The number of rotatable bonds is 6. The van der Waals surface area contributed by atoms with Crippen molar-refractivity contribution >= 4 is 17.5 Å². The summed E-state index contributed by atoms with van der Waals surface area (Å²) in [6.07, 6.45) is 0. The lowest BCUT2D eigenvalue weighted by atomic mass is 10.2. The SMILES string of the molecule is CC(C)NC(=O)C[NH+]1CC[NH+]([C@H](C)C(=O)Nc2ccc3c(c2)OCO3)CC1. The molecule has 0 aliphatic carbocycles. The molecule has 1 saturated heterocycles. The van der Waals surface area contributed by atoms with Crippen molar-refractivity contribution in [3.63, 3.8) is 0 Å². The highest BCUT2D eigenvalue weighted by atomic mass is 16.7. The van der Waals surface area contributed by atoms with Gasteiger partial charge in [0.25, 0.3) is 11.8 Å². The van der Waals surface area contributed by atoms with Crippen LogP contribution in [-0.4, -0.2) is 63.4 Å². The number of hydrogen-bond acceptors (Lipinski definition) is 4. The molecule has 0 radical (unpaired) electrons. The van der Waals surface area contributed by atoms with E-state index < -0.39 is 0 Å². The summed E-state index contributed by atoms with van der Waals surface area (Å²) in [7, 11) is 0. The molecule has 1 fully saturated rings. The number of fused-ring (bicyclic) bond motifs is 1. The number of anilines is 1. The average molecular weight is 378 g/mol. The van der Waals surface area contributed by atoms with Crippen molar-refractivity contribution in [1.29, 1.82) is 0 Å². The molecule has 1 atom stereocenters. The van der Waals surface area contributed by atoms with E-state index in [2.05, 4.69) is 10.6 Å². The first-order chi connectivity index (χ1) is 12.9. The normalized spacial score (nSPS) is 22.4. The van der Waals surface area contributed by atoms with Crippen molar-refractivity contribution in [3.05, 3.63) is 18.2 Å². The van der Waals surface area contributed by atoms with Crippen molar-refractivity contribution in [1.82, 2.24) is 5.32 Å². The van der Waals surface area contributed by atoms with Crippen LogP contribution in [0.25, 0.3) is 0 Å². The Labute approximate surface area is 159 Å². The van der Waals surface area contributed by atoms with Crippen LogP contribution in [-0.2, 0) is 9.59 Å². The molecule has 0 aromatic heterocycles. The van der Waals surface area contributed by atoms with Crippen LogP contribution in [0, 0.1) is 0 Å². The molecule has 0 bridgehead atoms. The summed E-state index contributed by atoms with van der Waals surface area (Å²) in [6.45, 7) is 10.1. The number of carbonyl (C=O) groups is 2. The summed E-state index contributed by atoms with van der Waals surface area (Å²) in [5, 5.41) is 5.90. The van der Waals surface area contributed by atoms with E-state index in [1.165, 1.54) is 9.80 Å². The van der Waals surface area contributed by atoms with Crippen LogP contribution in [0.3, 0.4) is 0 Å². The number of hydrogen-bond donors (Lipinski definition) is 4. The van der Waals surface area contributed by atoms with Crippen LogP contribution in [0.2, 0.25) is 0 Å². The minimum atomic E-state index is -0.151. The van der Waals surface area contributed by atoms with E-state index in [-0.39, 0.29) is 30.7 Å². The highest BCUT2D eigenvalue weighted by Crippen LogP contribution is 2.34. The van der Waals surface area contributed by atoms with Gasteiger partial charge in [0.05, 0.1) is 0 Å². The van der Waals surface area contributed by atoms with Crippen LogP contribution in [0.5, 0.6) is 11.5 Å². The quantitative estimate of drug-likeness (QED) is 0.464. The molecular weight excluding hydrogens is 348 g/mol. The number of benzene rings is 1. The molecule has 3 rings (SSSR count). The number of piperazine rings is 1. The number of amides is 2. The summed E-state index contributed by atoms with van der Waals surface area (Å²) in [6, 6.07) is 5.44. The molecule has 27 heavy (non-hydrogen) atoms. The standard InChI is InChI=1S/C19H28N4O4/c1-13(2)20-18(24)11-22-6-8-23(9-7-22)14(3)19(25)21-15-4-5-16-17(10-15)27-12-26-16/h4-5,10,13-14H,6-9,11-12H2,1-3H3,(H,20,24)(H,21,25)/p+2/t14-/m1/s1. The van der Waals surface area contributed by atoms with Gasteiger partial charge in [-0.05, 0) is 32.9 Å². The Hall–Kier alpha value is -2.32. The molecule has 2 amide bonds. The Balaban J connectivity index is 1.46. The Bertz CT molecular complexity index is 686. The third kappa shape index (κ3) is 5.11. The number of ether oxygens (including phenoxy) is 2. The second-order valence-corrected chi connectivity index (χ2v) is 7.59. The molecule has 4 N–H and O–H groups in total. The Morgan fingerprint density at radius 1 is 1.07 bits per heavy atom. The fourth-order valence-corrected chi connectivity index (χ4v) is 3.54. The van der Waals surface area contributed by atoms with Gasteiger partial charge in [-0.25, -0.2) is 0 Å². The van der Waals surface area contributed by atoms with E-state index in [0.717, 1.165) is 26.2 Å². The summed E-state index contributed by atoms with van der Waals surface area (Å²) in [4.78, 5) is 27.1. The van der Waals surface area contributed by atoms with E-state index in [1.807, 2.05) is 26.8 Å². The first-order valence-electron chi connectivity index (χ1n) is 9.60. The van der Waals surface area contributed by atoms with Gasteiger partial charge in [-0.1, -0.05) is 0 Å². The van der Waals surface area contributed by atoms with Crippen LogP contribution < -0.4 is 29.9 Å². The summed E-state index contributed by atoms with van der Waals surface area (Å²) < 4.78 is 10.6. The van der Waals surface area contributed by atoms with Crippen molar-refractivity contribution in [2.24, 2.45) is 0 Å². The van der Waals surface area contributed by atoms with E-state index in [0.29, 0.717) is 23.7 Å². The lowest BCUT2D eigenvalue weighted by Gasteiger charge is -2.32. The number of quaternary nitrogens is 2. The lowest BCUT2D eigenvalue weighted by Crippen LogP contribution is -3.30. The van der Waals surface area contributed by atoms with Gasteiger partial charge >= 0.3 is 0 Å². The second kappa shape index (κ2) is 8.58. The molecular formula is C19H30N4O4+2. The minimum absolute atomic E-state index is 0.00938. The highest BCUT2D eigenvalue weighted by Gasteiger charge is 2.32. The second-order valence-electron chi connectivity index (χ2n) is 7.59. The van der Waals surface area contributed by atoms with Gasteiger partial charge in [-0.2, -0.15) is 0 Å². The maximum atomic E-state index is 12.6. The van der Waals surface area contributed by atoms with Gasteiger partial charge in [-0.15, -0.1) is 0 Å². The third-order valence-electron chi connectivity index (χ3n) is 5.11. The van der Waals surface area contributed by atoms with Gasteiger partial charge in [0.15, 0.2) is 24.1 Å². The van der Waals surface area contributed by atoms with Crippen LogP contribution in [0.1, 0.15) is 20.8 Å². The fraction of sp³-hybridized carbons (Fsp3) is 0.579. The number of carbonyl (C=O) groups excluding carboxylic acids is 2. The van der Waals surface area contributed by atoms with Gasteiger partial charge in [-0.3, -0.25) is 9.59 Å². The average Bonchev–Trinajstić information content (AvgIpc) is 3.08. The Morgan fingerprint density at radius 3 is 2.48 bits per heavy atom. The topological polar surface area (TPSA) is 85.5 Å². The van der Waals surface area contributed by atoms with Crippen molar-refractivity contribution < 1.29 is 28.9 Å². The number of nitrogens with one attached hydrogen (secondary N) is 4. The molecule has 0 saturated carbocycles. The Kier molecular flexibility index (Phi) is 6.18. The molecule has 1 aromatic rings. The van der Waals surface area contributed by atoms with Crippen LogP contribution in [0.15, 0.2) is 18.2 Å². The molecule has 148 valence electrons. The van der Waals surface area contributed by atoms with E-state index in [4.69, 9.17) is 9.47 Å². The van der Waals surface area contributed by atoms with Crippen molar-refractivity contribution in [3.8, 4) is 11.5 Å². The summed E-state index contributed by atoms with van der Waals surface area (Å²) >= 11 is 0. The van der Waals surface area contributed by atoms with Gasteiger partial charge in [0.2, 0.25) is 6.79 Å². The molecule has 8 nitrogen and oxygen atoms in total. The smallest absolute Gasteiger partial charge is 0.282 e. The van der Waals surface area contributed by atoms with Gasteiger partial charge < -0.3 is 29.9 Å². The molecule has 0 spiro atoms.